The molecule has 4 rings (SSSR count). The number of nitrogens with one attached hydrogen (secondary N) is 1. The summed E-state index contributed by atoms with van der Waals surface area (Å²) in [5, 5.41) is 12.4. The number of carbonyl (C=O) groups excluding carboxylic acids is 1. The summed E-state index contributed by atoms with van der Waals surface area (Å²) in [5.41, 5.74) is 1.42. The summed E-state index contributed by atoms with van der Waals surface area (Å²) in [6.45, 7) is 7.18. The molecule has 2 aliphatic heterocycles. The van der Waals surface area contributed by atoms with Crippen LogP contribution in [-0.2, 0) is 14.3 Å². The summed E-state index contributed by atoms with van der Waals surface area (Å²) >= 11 is 0. The highest BCUT2D eigenvalue weighted by Gasteiger charge is 2.21. The van der Waals surface area contributed by atoms with E-state index in [2.05, 4.69) is 26.2 Å². The zero-order valence-electron chi connectivity index (χ0n) is 17.5. The molecule has 2 aromatic rings. The average Bonchev–Trinajstić information content (AvgIpc) is 2.84. The zero-order chi connectivity index (χ0) is 21.6. The summed E-state index contributed by atoms with van der Waals surface area (Å²) in [7, 11) is 0. The van der Waals surface area contributed by atoms with E-state index in [0.29, 0.717) is 69.0 Å². The number of morpholine rings is 2. The third kappa shape index (κ3) is 4.90. The fraction of sp³-hybridized carbons (Fsp3) is 0.476. The van der Waals surface area contributed by atoms with Gasteiger partial charge in [-0.15, -0.1) is 0 Å². The second-order valence-electron chi connectivity index (χ2n) is 7.22. The lowest BCUT2D eigenvalue weighted by Gasteiger charge is -2.31. The van der Waals surface area contributed by atoms with Gasteiger partial charge in [0, 0.05) is 44.2 Å². The normalized spacial score (nSPS) is 16.6. The van der Waals surface area contributed by atoms with Crippen LogP contribution in [0.1, 0.15) is 19.0 Å². The van der Waals surface area contributed by atoms with Gasteiger partial charge in [-0.1, -0.05) is 6.92 Å². The van der Waals surface area contributed by atoms with Crippen molar-refractivity contribution in [1.29, 1.82) is 5.26 Å². The lowest BCUT2D eigenvalue weighted by molar-refractivity contribution is -0.115. The van der Waals surface area contributed by atoms with Crippen LogP contribution in [0.2, 0.25) is 0 Å². The molecule has 4 heterocycles. The van der Waals surface area contributed by atoms with Crippen molar-refractivity contribution in [2.24, 2.45) is 0 Å². The molecule has 2 aliphatic rings. The third-order valence-corrected chi connectivity index (χ3v) is 5.20. The molecule has 10 heteroatoms. The number of anilines is 3. The van der Waals surface area contributed by atoms with Gasteiger partial charge in [0.1, 0.15) is 17.7 Å². The second-order valence-corrected chi connectivity index (χ2v) is 7.22. The van der Waals surface area contributed by atoms with E-state index in [4.69, 9.17) is 19.4 Å². The number of pyridine rings is 1. The summed E-state index contributed by atoms with van der Waals surface area (Å²) in [6, 6.07) is 7.48. The Morgan fingerprint density at radius 1 is 1.06 bits per heavy atom. The van der Waals surface area contributed by atoms with E-state index in [1.807, 2.05) is 6.07 Å². The van der Waals surface area contributed by atoms with Gasteiger partial charge >= 0.3 is 0 Å². The van der Waals surface area contributed by atoms with E-state index in [-0.39, 0.29) is 11.6 Å². The van der Waals surface area contributed by atoms with Crippen LogP contribution >= 0.6 is 0 Å². The van der Waals surface area contributed by atoms with E-state index >= 15 is 0 Å². The van der Waals surface area contributed by atoms with Crippen LogP contribution < -0.4 is 15.1 Å². The molecule has 0 spiro atoms. The first-order valence-corrected chi connectivity index (χ1v) is 10.4. The minimum absolute atomic E-state index is 0.157. The van der Waals surface area contributed by atoms with Crippen LogP contribution in [0.25, 0.3) is 11.3 Å². The first-order valence-electron chi connectivity index (χ1n) is 10.4. The van der Waals surface area contributed by atoms with Crippen molar-refractivity contribution in [3.63, 3.8) is 0 Å². The van der Waals surface area contributed by atoms with Gasteiger partial charge in [0.05, 0.1) is 32.1 Å². The van der Waals surface area contributed by atoms with Gasteiger partial charge in [0.15, 0.2) is 5.69 Å². The number of hydrogen-bond donors (Lipinski definition) is 1. The second kappa shape index (κ2) is 9.68. The first-order chi connectivity index (χ1) is 15.2. The standard InChI is InChI=1S/C21H25N7O3/c1-2-20(29)25-18-4-3-15(17(14-22)23-18)16-13-19(27-5-9-30-10-6-27)26-21(24-16)28-7-11-31-12-8-28/h3-4,13H,2,5-12H2,1H3,(H,23,25,29). The van der Waals surface area contributed by atoms with Gasteiger partial charge in [0.2, 0.25) is 11.9 Å². The molecule has 0 radical (unpaired) electrons. The number of carbonyl (C=O) groups is 1. The SMILES string of the molecule is CCC(=O)Nc1ccc(-c2cc(N3CCOCC3)nc(N3CCOCC3)n2)c(C#N)n1. The number of ether oxygens (including phenoxy) is 2. The molecule has 0 bridgehead atoms. The Hall–Kier alpha value is -3.29. The Kier molecular flexibility index (Phi) is 6.54. The first kappa shape index (κ1) is 21.0. The van der Waals surface area contributed by atoms with Crippen molar-refractivity contribution in [1.82, 2.24) is 15.0 Å². The van der Waals surface area contributed by atoms with E-state index in [1.165, 1.54) is 0 Å². The van der Waals surface area contributed by atoms with E-state index in [0.717, 1.165) is 18.9 Å². The number of amides is 1. The van der Waals surface area contributed by atoms with Gasteiger partial charge < -0.3 is 24.6 Å². The van der Waals surface area contributed by atoms with Crippen molar-refractivity contribution >= 4 is 23.5 Å². The maximum atomic E-state index is 11.7. The number of nitrogens with zero attached hydrogens (tertiary/aromatic N) is 6. The van der Waals surface area contributed by atoms with Crippen molar-refractivity contribution in [2.75, 3.05) is 67.7 Å². The average molecular weight is 423 g/mol. The van der Waals surface area contributed by atoms with Gasteiger partial charge in [0.25, 0.3) is 0 Å². The summed E-state index contributed by atoms with van der Waals surface area (Å²) in [6.07, 6.45) is 0.336. The van der Waals surface area contributed by atoms with Crippen molar-refractivity contribution in [3.8, 4) is 17.3 Å². The molecular formula is C21H25N7O3. The molecule has 1 amide bonds. The Labute approximate surface area is 180 Å². The van der Waals surface area contributed by atoms with Crippen LogP contribution in [0.4, 0.5) is 17.6 Å². The van der Waals surface area contributed by atoms with Crippen molar-refractivity contribution in [2.45, 2.75) is 13.3 Å². The lowest BCUT2D eigenvalue weighted by Crippen LogP contribution is -2.39. The molecule has 0 aliphatic carbocycles. The van der Waals surface area contributed by atoms with E-state index in [9.17, 15) is 10.1 Å². The fourth-order valence-electron chi connectivity index (χ4n) is 3.47. The van der Waals surface area contributed by atoms with Crippen molar-refractivity contribution in [3.05, 3.63) is 23.9 Å². The number of hydrogen-bond acceptors (Lipinski definition) is 9. The summed E-state index contributed by atoms with van der Waals surface area (Å²) < 4.78 is 10.9. The van der Waals surface area contributed by atoms with Gasteiger partial charge in [-0.25, -0.2) is 9.97 Å². The molecular weight excluding hydrogens is 398 g/mol. The van der Waals surface area contributed by atoms with Gasteiger partial charge in [-0.2, -0.15) is 10.2 Å². The minimum atomic E-state index is -0.157. The summed E-state index contributed by atoms with van der Waals surface area (Å²) in [5.74, 6) is 1.59. The quantitative estimate of drug-likeness (QED) is 0.762. The highest BCUT2D eigenvalue weighted by molar-refractivity contribution is 5.89. The number of rotatable bonds is 5. The molecule has 0 unspecified atom stereocenters. The molecule has 0 saturated carbocycles. The summed E-state index contributed by atoms with van der Waals surface area (Å²) in [4.78, 5) is 29.8. The Balaban J connectivity index is 1.74. The fourth-order valence-corrected chi connectivity index (χ4v) is 3.47. The molecule has 10 nitrogen and oxygen atoms in total. The van der Waals surface area contributed by atoms with Crippen LogP contribution in [0.15, 0.2) is 18.2 Å². The lowest BCUT2D eigenvalue weighted by atomic mass is 10.1. The molecule has 162 valence electrons. The smallest absolute Gasteiger partial charge is 0.228 e. The van der Waals surface area contributed by atoms with Crippen LogP contribution in [-0.4, -0.2) is 73.5 Å². The molecule has 2 saturated heterocycles. The predicted molar refractivity (Wildman–Crippen MR) is 115 cm³/mol. The van der Waals surface area contributed by atoms with Crippen molar-refractivity contribution < 1.29 is 14.3 Å². The molecule has 2 aromatic heterocycles. The maximum absolute atomic E-state index is 11.7. The Morgan fingerprint density at radius 3 is 2.39 bits per heavy atom. The van der Waals surface area contributed by atoms with Gasteiger partial charge in [-0.05, 0) is 12.1 Å². The highest BCUT2D eigenvalue weighted by atomic mass is 16.5. The topological polar surface area (TPSA) is 117 Å². The Morgan fingerprint density at radius 2 is 1.74 bits per heavy atom. The number of aromatic nitrogens is 3. The molecule has 0 atom stereocenters. The minimum Gasteiger partial charge on any atom is -0.378 e. The van der Waals surface area contributed by atoms with Crippen LogP contribution in [0, 0.1) is 11.3 Å². The zero-order valence-corrected chi connectivity index (χ0v) is 17.5. The third-order valence-electron chi connectivity index (χ3n) is 5.20. The maximum Gasteiger partial charge on any atom is 0.228 e. The van der Waals surface area contributed by atoms with Crippen LogP contribution in [0.5, 0.6) is 0 Å². The van der Waals surface area contributed by atoms with Gasteiger partial charge in [-0.3, -0.25) is 4.79 Å². The predicted octanol–water partition coefficient (Wildman–Crippen LogP) is 1.43. The molecule has 0 aromatic carbocycles. The molecule has 1 N–H and O–H groups in total. The Bertz CT molecular complexity index is 943. The van der Waals surface area contributed by atoms with Crippen LogP contribution in [0.3, 0.4) is 0 Å². The van der Waals surface area contributed by atoms with E-state index in [1.54, 1.807) is 19.1 Å². The van der Waals surface area contributed by atoms with E-state index < -0.39 is 0 Å². The largest absolute Gasteiger partial charge is 0.378 e. The molecule has 2 fully saturated rings. The number of nitriles is 1. The highest BCUT2D eigenvalue weighted by Crippen LogP contribution is 2.28. The molecule has 31 heavy (non-hydrogen) atoms. The monoisotopic (exact) mass is 423 g/mol.